The summed E-state index contributed by atoms with van der Waals surface area (Å²) in [6.45, 7) is 0.609. The summed E-state index contributed by atoms with van der Waals surface area (Å²) in [5.74, 6) is -0.756. The Morgan fingerprint density at radius 2 is 1.81 bits per heavy atom. The number of hydrogen-bond donors (Lipinski definition) is 2. The van der Waals surface area contributed by atoms with Crippen molar-refractivity contribution in [1.29, 1.82) is 0 Å². The molecule has 0 aliphatic carbocycles. The van der Waals surface area contributed by atoms with Crippen molar-refractivity contribution in [2.75, 3.05) is 32.7 Å². The number of rotatable bonds is 5. The molecule has 0 spiro atoms. The lowest BCUT2D eigenvalue weighted by Crippen LogP contribution is -2.57. The van der Waals surface area contributed by atoms with Gasteiger partial charge in [-0.25, -0.2) is 0 Å². The zero-order chi connectivity index (χ0) is 19.4. The summed E-state index contributed by atoms with van der Waals surface area (Å²) in [6, 6.07) is 2.34. The van der Waals surface area contributed by atoms with E-state index in [1.165, 1.54) is 11.0 Å². The summed E-state index contributed by atoms with van der Waals surface area (Å²) < 4.78 is 77.7. The van der Waals surface area contributed by atoms with E-state index in [1.807, 2.05) is 0 Å². The van der Waals surface area contributed by atoms with Gasteiger partial charge in [0.2, 0.25) is 5.91 Å². The monoisotopic (exact) mass is 383 g/mol. The number of alkyl halides is 6. The highest BCUT2D eigenvalue weighted by atomic mass is 19.4. The molecule has 1 heterocycles. The van der Waals surface area contributed by atoms with Gasteiger partial charge in [0, 0.05) is 32.7 Å². The van der Waals surface area contributed by atoms with Crippen LogP contribution in [0.1, 0.15) is 11.1 Å². The van der Waals surface area contributed by atoms with Crippen LogP contribution in [0.3, 0.4) is 0 Å². The lowest BCUT2D eigenvalue weighted by Gasteiger charge is -2.35. The molecule has 0 saturated carbocycles. The number of benzene rings is 1. The number of nitrogens with one attached hydrogen (secondary N) is 2. The Balaban J connectivity index is 1.96. The highest BCUT2D eigenvalue weighted by Crippen LogP contribution is 2.29. The first kappa shape index (κ1) is 20.5. The highest BCUT2D eigenvalue weighted by Gasteiger charge is 2.43. The first-order valence-electron chi connectivity index (χ1n) is 8.01. The molecule has 146 valence electrons. The normalized spacial score (nSPS) is 17.8. The van der Waals surface area contributed by atoms with E-state index in [9.17, 15) is 31.1 Å². The van der Waals surface area contributed by atoms with Crippen molar-refractivity contribution in [3.05, 3.63) is 35.4 Å². The molecule has 1 saturated heterocycles. The van der Waals surface area contributed by atoms with E-state index in [4.69, 9.17) is 0 Å². The number of halogens is 6. The SMILES string of the molecule is O=C(Cc1cccc(C(F)(F)F)c1)NCC(N1CCNCC1)C(F)(F)F. The zero-order valence-corrected chi connectivity index (χ0v) is 13.8. The molecule has 0 aromatic heterocycles. The molecule has 1 amide bonds. The van der Waals surface area contributed by atoms with Crippen LogP contribution in [0.15, 0.2) is 24.3 Å². The molecular weight excluding hydrogens is 364 g/mol. The Labute approximate surface area is 146 Å². The van der Waals surface area contributed by atoms with Gasteiger partial charge in [-0.15, -0.1) is 0 Å². The average molecular weight is 383 g/mol. The Morgan fingerprint density at radius 1 is 1.15 bits per heavy atom. The van der Waals surface area contributed by atoms with Gasteiger partial charge in [0.25, 0.3) is 0 Å². The van der Waals surface area contributed by atoms with Crippen LogP contribution in [0.2, 0.25) is 0 Å². The molecule has 10 heteroatoms. The summed E-state index contributed by atoms with van der Waals surface area (Å²) in [4.78, 5) is 13.1. The predicted octanol–water partition coefficient (Wildman–Crippen LogP) is 2.20. The maximum absolute atomic E-state index is 13.2. The molecule has 1 aliphatic heterocycles. The summed E-state index contributed by atoms with van der Waals surface area (Å²) in [5.41, 5.74) is -0.820. The molecule has 4 nitrogen and oxygen atoms in total. The zero-order valence-electron chi connectivity index (χ0n) is 13.8. The minimum Gasteiger partial charge on any atom is -0.354 e. The molecule has 1 aromatic rings. The van der Waals surface area contributed by atoms with Crippen molar-refractivity contribution in [3.8, 4) is 0 Å². The summed E-state index contributed by atoms with van der Waals surface area (Å²) in [6.07, 6.45) is -9.48. The number of carbonyl (C=O) groups excluding carboxylic acids is 1. The molecular formula is C16H19F6N3O. The molecule has 26 heavy (non-hydrogen) atoms. The van der Waals surface area contributed by atoms with Crippen LogP contribution in [-0.2, 0) is 17.4 Å². The van der Waals surface area contributed by atoms with Gasteiger partial charge in [-0.2, -0.15) is 26.3 Å². The van der Waals surface area contributed by atoms with Gasteiger partial charge in [-0.1, -0.05) is 18.2 Å². The number of nitrogens with zero attached hydrogens (tertiary/aromatic N) is 1. The van der Waals surface area contributed by atoms with Crippen LogP contribution in [0, 0.1) is 0 Å². The topological polar surface area (TPSA) is 44.4 Å². The molecule has 1 atom stereocenters. The number of hydrogen-bond acceptors (Lipinski definition) is 3. The smallest absolute Gasteiger partial charge is 0.354 e. The van der Waals surface area contributed by atoms with Gasteiger partial charge in [0.05, 0.1) is 12.0 Å². The van der Waals surface area contributed by atoms with Crippen LogP contribution in [0.5, 0.6) is 0 Å². The quantitative estimate of drug-likeness (QED) is 0.767. The minimum absolute atomic E-state index is 0.0862. The molecule has 0 radical (unpaired) electrons. The van der Waals surface area contributed by atoms with Crippen molar-refractivity contribution in [2.24, 2.45) is 0 Å². The van der Waals surface area contributed by atoms with E-state index in [0.29, 0.717) is 13.1 Å². The minimum atomic E-state index is -4.55. The molecule has 1 unspecified atom stereocenters. The third-order valence-corrected chi connectivity index (χ3v) is 4.08. The van der Waals surface area contributed by atoms with Gasteiger partial charge < -0.3 is 10.6 Å². The Kier molecular flexibility index (Phi) is 6.51. The summed E-state index contributed by atoms with van der Waals surface area (Å²) in [7, 11) is 0. The van der Waals surface area contributed by atoms with Crippen molar-refractivity contribution in [2.45, 2.75) is 24.8 Å². The van der Waals surface area contributed by atoms with E-state index in [2.05, 4.69) is 10.6 Å². The fourth-order valence-electron chi connectivity index (χ4n) is 2.76. The second-order valence-corrected chi connectivity index (χ2v) is 6.02. The molecule has 0 bridgehead atoms. The highest BCUT2D eigenvalue weighted by molar-refractivity contribution is 5.78. The van der Waals surface area contributed by atoms with E-state index in [-0.39, 0.29) is 18.7 Å². The largest absolute Gasteiger partial charge is 0.416 e. The molecule has 1 aliphatic rings. The van der Waals surface area contributed by atoms with Crippen LogP contribution < -0.4 is 10.6 Å². The number of carbonyl (C=O) groups is 1. The molecule has 1 fully saturated rings. The lowest BCUT2D eigenvalue weighted by atomic mass is 10.1. The van der Waals surface area contributed by atoms with Crippen LogP contribution in [0.25, 0.3) is 0 Å². The van der Waals surface area contributed by atoms with Gasteiger partial charge in [0.1, 0.15) is 6.04 Å². The first-order valence-corrected chi connectivity index (χ1v) is 8.01. The number of amides is 1. The van der Waals surface area contributed by atoms with Gasteiger partial charge >= 0.3 is 12.4 Å². The van der Waals surface area contributed by atoms with Gasteiger partial charge in [0.15, 0.2) is 0 Å². The second-order valence-electron chi connectivity index (χ2n) is 6.02. The van der Waals surface area contributed by atoms with E-state index in [1.54, 1.807) is 0 Å². The Bertz CT molecular complexity index is 611. The molecule has 1 aromatic carbocycles. The maximum Gasteiger partial charge on any atom is 0.416 e. The maximum atomic E-state index is 13.2. The molecule has 2 rings (SSSR count). The third-order valence-electron chi connectivity index (χ3n) is 4.08. The van der Waals surface area contributed by atoms with Crippen LogP contribution >= 0.6 is 0 Å². The van der Waals surface area contributed by atoms with E-state index in [0.717, 1.165) is 18.2 Å². The predicted molar refractivity (Wildman–Crippen MR) is 82.4 cm³/mol. The first-order chi connectivity index (χ1) is 12.1. The Morgan fingerprint density at radius 3 is 2.38 bits per heavy atom. The van der Waals surface area contributed by atoms with Crippen molar-refractivity contribution in [1.82, 2.24) is 15.5 Å². The van der Waals surface area contributed by atoms with Crippen LogP contribution in [-0.4, -0.2) is 55.7 Å². The van der Waals surface area contributed by atoms with Crippen molar-refractivity contribution < 1.29 is 31.1 Å². The molecule has 2 N–H and O–H groups in total. The van der Waals surface area contributed by atoms with Crippen LogP contribution in [0.4, 0.5) is 26.3 Å². The van der Waals surface area contributed by atoms with Crippen molar-refractivity contribution >= 4 is 5.91 Å². The standard InChI is InChI=1S/C16H19F6N3O/c17-15(18,19)12-3-1-2-11(8-12)9-14(26)24-10-13(16(20,21)22)25-6-4-23-5-7-25/h1-3,8,13,23H,4-7,9-10H2,(H,24,26). The fourth-order valence-corrected chi connectivity index (χ4v) is 2.76. The van der Waals surface area contributed by atoms with E-state index < -0.39 is 42.8 Å². The third kappa shape index (κ3) is 5.87. The fraction of sp³-hybridized carbons (Fsp3) is 0.562. The lowest BCUT2D eigenvalue weighted by molar-refractivity contribution is -0.184. The summed E-state index contributed by atoms with van der Waals surface area (Å²) in [5, 5.41) is 5.14. The van der Waals surface area contributed by atoms with Gasteiger partial charge in [-0.05, 0) is 11.6 Å². The summed E-state index contributed by atoms with van der Waals surface area (Å²) >= 11 is 0. The Hall–Kier alpha value is -1.81. The van der Waals surface area contributed by atoms with Crippen molar-refractivity contribution in [3.63, 3.8) is 0 Å². The van der Waals surface area contributed by atoms with E-state index >= 15 is 0 Å². The average Bonchev–Trinajstić information content (AvgIpc) is 2.54. The number of piperazine rings is 1. The van der Waals surface area contributed by atoms with Gasteiger partial charge in [-0.3, -0.25) is 9.69 Å². The second kappa shape index (κ2) is 8.26.